The van der Waals surface area contributed by atoms with E-state index in [0.717, 1.165) is 25.9 Å². The molecular formula is C30H46O3. The fraction of sp³-hybridized carbons (Fsp3) is 0.933. The van der Waals surface area contributed by atoms with Gasteiger partial charge in [0.1, 0.15) is 11.6 Å². The quantitative estimate of drug-likeness (QED) is 0.418. The summed E-state index contributed by atoms with van der Waals surface area (Å²) in [6.07, 6.45) is 10.0. The SMILES string of the molecule is CC12CCC3(C)C(CCC4C5(C)CCC(=O)C(C)(C)C5CCC43C)C1C(C1(C)CO1)C(=O)C2. The molecule has 3 heteroatoms. The van der Waals surface area contributed by atoms with Crippen LogP contribution < -0.4 is 0 Å². The Hall–Kier alpha value is -0.700. The van der Waals surface area contributed by atoms with Gasteiger partial charge in [0.25, 0.3) is 0 Å². The van der Waals surface area contributed by atoms with E-state index in [9.17, 15) is 9.59 Å². The summed E-state index contributed by atoms with van der Waals surface area (Å²) < 4.78 is 5.96. The molecule has 0 aromatic rings. The summed E-state index contributed by atoms with van der Waals surface area (Å²) in [6.45, 7) is 17.7. The van der Waals surface area contributed by atoms with E-state index in [1.165, 1.54) is 38.5 Å². The zero-order valence-electron chi connectivity index (χ0n) is 22.2. The maximum absolute atomic E-state index is 13.4. The molecule has 1 aliphatic heterocycles. The molecule has 6 fully saturated rings. The Morgan fingerprint density at radius 3 is 2.15 bits per heavy atom. The zero-order valence-corrected chi connectivity index (χ0v) is 22.2. The Balaban J connectivity index is 1.41. The van der Waals surface area contributed by atoms with E-state index in [-0.39, 0.29) is 33.2 Å². The monoisotopic (exact) mass is 454 g/mol. The second-order valence-electron chi connectivity index (χ2n) is 15.2. The van der Waals surface area contributed by atoms with Crippen LogP contribution in [0.1, 0.15) is 106 Å². The first-order chi connectivity index (χ1) is 15.2. The molecule has 33 heavy (non-hydrogen) atoms. The molecule has 10 atom stereocenters. The fourth-order valence-corrected chi connectivity index (χ4v) is 11.6. The number of hydrogen-bond donors (Lipinski definition) is 0. The summed E-state index contributed by atoms with van der Waals surface area (Å²) in [4.78, 5) is 26.3. The van der Waals surface area contributed by atoms with Crippen LogP contribution in [0.5, 0.6) is 0 Å². The van der Waals surface area contributed by atoms with E-state index >= 15 is 0 Å². The summed E-state index contributed by atoms with van der Waals surface area (Å²) in [6, 6.07) is 0. The van der Waals surface area contributed by atoms with Crippen LogP contribution >= 0.6 is 0 Å². The van der Waals surface area contributed by atoms with Gasteiger partial charge in [-0.2, -0.15) is 0 Å². The number of carbonyl (C=O) groups excluding carboxylic acids is 2. The molecule has 0 N–H and O–H groups in total. The number of rotatable bonds is 1. The topological polar surface area (TPSA) is 46.7 Å². The zero-order chi connectivity index (χ0) is 23.8. The minimum atomic E-state index is -0.201. The Bertz CT molecular complexity index is 916. The summed E-state index contributed by atoms with van der Waals surface area (Å²) in [7, 11) is 0. The average Bonchev–Trinajstić information content (AvgIpc) is 3.39. The van der Waals surface area contributed by atoms with Gasteiger partial charge in [-0.15, -0.1) is 0 Å². The fourth-order valence-electron chi connectivity index (χ4n) is 11.6. The molecule has 0 bridgehead atoms. The maximum Gasteiger partial charge on any atom is 0.139 e. The van der Waals surface area contributed by atoms with Crippen LogP contribution in [0.2, 0.25) is 0 Å². The van der Waals surface area contributed by atoms with Gasteiger partial charge in [0, 0.05) is 18.3 Å². The van der Waals surface area contributed by atoms with Crippen LogP contribution in [0.3, 0.4) is 0 Å². The molecule has 1 saturated heterocycles. The molecule has 5 aliphatic carbocycles. The maximum atomic E-state index is 13.4. The normalized spacial score (nSPS) is 59.3. The minimum Gasteiger partial charge on any atom is -0.369 e. The summed E-state index contributed by atoms with van der Waals surface area (Å²) in [5.41, 5.74) is 0.597. The van der Waals surface area contributed by atoms with Gasteiger partial charge < -0.3 is 4.74 Å². The number of Topliss-reactive ketones (excluding diaryl/α,β-unsaturated/α-hetero) is 2. The molecule has 1 heterocycles. The van der Waals surface area contributed by atoms with Gasteiger partial charge in [0.05, 0.1) is 18.1 Å². The first-order valence-corrected chi connectivity index (χ1v) is 13.9. The molecule has 0 aromatic carbocycles. The van der Waals surface area contributed by atoms with Crippen molar-refractivity contribution in [3.63, 3.8) is 0 Å². The van der Waals surface area contributed by atoms with Gasteiger partial charge in [-0.1, -0.05) is 41.5 Å². The Labute approximate surface area is 201 Å². The van der Waals surface area contributed by atoms with E-state index in [0.29, 0.717) is 40.7 Å². The Kier molecular flexibility index (Phi) is 4.37. The predicted octanol–water partition coefficient (Wildman–Crippen LogP) is 6.62. The van der Waals surface area contributed by atoms with E-state index in [1.807, 2.05) is 0 Å². The van der Waals surface area contributed by atoms with Crippen LogP contribution in [-0.4, -0.2) is 23.8 Å². The molecule has 6 aliphatic rings. The highest BCUT2D eigenvalue weighted by atomic mass is 16.6. The molecule has 0 spiro atoms. The molecule has 0 radical (unpaired) electrons. The molecule has 0 aromatic heterocycles. The molecule has 10 unspecified atom stereocenters. The lowest BCUT2D eigenvalue weighted by molar-refractivity contribution is -0.234. The standard InChI is InChI=1S/C30H46O3/c1-25(2)20-10-13-29(6)21(27(20,4)12-11-22(25)32)9-8-18-23-24(30(7)17-33-30)19(31)16-26(23,3)14-15-28(18,29)5/h18,20-21,23-24H,8-17H2,1-7H3. The second-order valence-corrected chi connectivity index (χ2v) is 15.2. The van der Waals surface area contributed by atoms with E-state index in [2.05, 4.69) is 48.5 Å². The highest BCUT2D eigenvalue weighted by Crippen LogP contribution is 2.77. The highest BCUT2D eigenvalue weighted by Gasteiger charge is 2.73. The van der Waals surface area contributed by atoms with Gasteiger partial charge in [-0.3, -0.25) is 9.59 Å². The van der Waals surface area contributed by atoms with Crippen molar-refractivity contribution in [2.45, 2.75) is 112 Å². The predicted molar refractivity (Wildman–Crippen MR) is 130 cm³/mol. The molecule has 5 saturated carbocycles. The van der Waals surface area contributed by atoms with Gasteiger partial charge >= 0.3 is 0 Å². The van der Waals surface area contributed by atoms with Crippen LogP contribution in [0.15, 0.2) is 0 Å². The number of ketones is 2. The lowest BCUT2D eigenvalue weighted by Gasteiger charge is -2.72. The number of ether oxygens (including phenoxy) is 1. The van der Waals surface area contributed by atoms with Crippen molar-refractivity contribution in [2.24, 2.45) is 56.7 Å². The van der Waals surface area contributed by atoms with Crippen molar-refractivity contribution in [2.75, 3.05) is 6.61 Å². The van der Waals surface area contributed by atoms with Gasteiger partial charge in [0.2, 0.25) is 0 Å². The average molecular weight is 455 g/mol. The van der Waals surface area contributed by atoms with Crippen LogP contribution in [0, 0.1) is 56.7 Å². The van der Waals surface area contributed by atoms with E-state index < -0.39 is 0 Å². The molecule has 184 valence electrons. The van der Waals surface area contributed by atoms with Gasteiger partial charge in [0.15, 0.2) is 0 Å². The number of hydrogen-bond acceptors (Lipinski definition) is 3. The molecule has 3 nitrogen and oxygen atoms in total. The lowest BCUT2D eigenvalue weighted by atomic mass is 9.32. The van der Waals surface area contributed by atoms with Crippen molar-refractivity contribution < 1.29 is 14.3 Å². The molecule has 6 rings (SSSR count). The molecule has 0 amide bonds. The van der Waals surface area contributed by atoms with Crippen molar-refractivity contribution in [1.82, 2.24) is 0 Å². The highest BCUT2D eigenvalue weighted by molar-refractivity contribution is 5.86. The van der Waals surface area contributed by atoms with Crippen molar-refractivity contribution in [3.05, 3.63) is 0 Å². The number of epoxide rings is 1. The first-order valence-electron chi connectivity index (χ1n) is 13.9. The summed E-state index contributed by atoms with van der Waals surface area (Å²) in [5, 5.41) is 0. The first kappa shape index (κ1) is 22.7. The van der Waals surface area contributed by atoms with E-state index in [1.54, 1.807) is 0 Å². The van der Waals surface area contributed by atoms with Crippen LogP contribution in [-0.2, 0) is 14.3 Å². The summed E-state index contributed by atoms with van der Waals surface area (Å²) >= 11 is 0. The summed E-state index contributed by atoms with van der Waals surface area (Å²) in [5.74, 6) is 3.37. The third-order valence-corrected chi connectivity index (χ3v) is 13.7. The van der Waals surface area contributed by atoms with Crippen molar-refractivity contribution in [1.29, 1.82) is 0 Å². The van der Waals surface area contributed by atoms with E-state index in [4.69, 9.17) is 4.74 Å². The lowest BCUT2D eigenvalue weighted by Crippen LogP contribution is -2.66. The number of fused-ring (bicyclic) bond motifs is 7. The minimum absolute atomic E-state index is 0.102. The second kappa shape index (κ2) is 6.34. The smallest absolute Gasteiger partial charge is 0.139 e. The Morgan fingerprint density at radius 1 is 0.788 bits per heavy atom. The third kappa shape index (κ3) is 2.57. The molecular weight excluding hydrogens is 408 g/mol. The van der Waals surface area contributed by atoms with Crippen LogP contribution in [0.4, 0.5) is 0 Å². The van der Waals surface area contributed by atoms with Crippen molar-refractivity contribution in [3.8, 4) is 0 Å². The van der Waals surface area contributed by atoms with Gasteiger partial charge in [-0.25, -0.2) is 0 Å². The number of carbonyl (C=O) groups is 2. The third-order valence-electron chi connectivity index (χ3n) is 13.7. The van der Waals surface area contributed by atoms with Gasteiger partial charge in [-0.05, 0) is 97.2 Å². The van der Waals surface area contributed by atoms with Crippen molar-refractivity contribution >= 4 is 11.6 Å². The largest absolute Gasteiger partial charge is 0.369 e. The van der Waals surface area contributed by atoms with Crippen LogP contribution in [0.25, 0.3) is 0 Å². The Morgan fingerprint density at radius 2 is 1.48 bits per heavy atom.